The fourth-order valence-corrected chi connectivity index (χ4v) is 7.24. The molecule has 27 heteroatoms. The molecule has 4 saturated heterocycles. The van der Waals surface area contributed by atoms with Crippen molar-refractivity contribution in [3.63, 3.8) is 0 Å². The lowest BCUT2D eigenvalue weighted by molar-refractivity contribution is -0.358. The van der Waals surface area contributed by atoms with Gasteiger partial charge < -0.3 is 115 Å². The second kappa shape index (κ2) is 21.0. The van der Waals surface area contributed by atoms with E-state index in [4.69, 9.17) is 33.2 Å². The van der Waals surface area contributed by atoms with Crippen LogP contribution in [0.15, 0.2) is 0 Å². The third kappa shape index (κ3) is 11.2. The average molecular weight is 878 g/mol. The number of aliphatic hydroxyl groups is 12. The number of aliphatic hydroxyl groups excluding tert-OH is 12. The molecule has 27 nitrogen and oxygen atoms in total. The summed E-state index contributed by atoms with van der Waals surface area (Å²) in [5, 5.41) is 144. The summed E-state index contributed by atoms with van der Waals surface area (Å²) < 4.78 is 39.1. The van der Waals surface area contributed by atoms with E-state index >= 15 is 0 Å². The number of ether oxygens (including phenoxy) is 7. The van der Waals surface area contributed by atoms with E-state index in [9.17, 15) is 85.6 Å². The molecule has 16 N–H and O–H groups in total. The molecule has 0 unspecified atom stereocenters. The Balaban J connectivity index is 1.55. The Morgan fingerprint density at radius 2 is 1.23 bits per heavy atom. The van der Waals surface area contributed by atoms with Crippen molar-refractivity contribution in [3.05, 3.63) is 0 Å². The molecule has 0 aromatic carbocycles. The quantitative estimate of drug-likeness (QED) is 0.0684. The zero-order valence-electron chi connectivity index (χ0n) is 32.4. The van der Waals surface area contributed by atoms with Crippen LogP contribution in [0.1, 0.15) is 27.2 Å². The van der Waals surface area contributed by atoms with Crippen LogP contribution in [-0.2, 0) is 52.3 Å². The Labute approximate surface area is 340 Å². The normalized spacial score (nSPS) is 43.3. The van der Waals surface area contributed by atoms with Gasteiger partial charge in [-0.05, 0) is 0 Å². The maximum Gasteiger partial charge on any atom is 0.364 e. The number of aliphatic carboxylic acids is 1. The first kappa shape index (κ1) is 49.8. The highest BCUT2D eigenvalue weighted by molar-refractivity contribution is 5.76. The maximum absolute atomic E-state index is 12.6. The Hall–Kier alpha value is -2.88. The number of carboxylic acids is 1. The highest BCUT2D eigenvalue weighted by Crippen LogP contribution is 2.36. The number of carbonyl (C=O) groups excluding carboxylic acids is 3. The zero-order valence-corrected chi connectivity index (χ0v) is 32.4. The minimum absolute atomic E-state index is 0.678. The summed E-state index contributed by atoms with van der Waals surface area (Å²) in [6.45, 7) is -0.498. The first-order chi connectivity index (χ1) is 28.1. The number of carboxylic acid groups (broad SMARTS) is 1. The largest absolute Gasteiger partial charge is 0.477 e. The second-order valence-corrected chi connectivity index (χ2v) is 14.9. The summed E-state index contributed by atoms with van der Waals surface area (Å²) in [6, 6.07) is -4.62. The second-order valence-electron chi connectivity index (χ2n) is 14.9. The molecule has 4 heterocycles. The molecule has 0 radical (unpaired) electrons. The molecular formula is C33H55N3O24. The maximum atomic E-state index is 12.6. The molecule has 4 aliphatic heterocycles. The molecule has 346 valence electrons. The topological polar surface area (TPSA) is 432 Å². The predicted octanol–water partition coefficient (Wildman–Crippen LogP) is -10.1. The summed E-state index contributed by atoms with van der Waals surface area (Å²) in [4.78, 5) is 48.5. The minimum atomic E-state index is -2.92. The molecule has 0 spiro atoms. The number of hydrogen-bond donors (Lipinski definition) is 16. The van der Waals surface area contributed by atoms with Crippen molar-refractivity contribution in [2.24, 2.45) is 0 Å². The van der Waals surface area contributed by atoms with Gasteiger partial charge in [0.05, 0.1) is 38.6 Å². The monoisotopic (exact) mass is 877 g/mol. The van der Waals surface area contributed by atoms with Gasteiger partial charge in [0.1, 0.15) is 91.4 Å². The molecule has 0 aliphatic carbocycles. The first-order valence-electron chi connectivity index (χ1n) is 18.7. The van der Waals surface area contributed by atoms with E-state index in [2.05, 4.69) is 16.0 Å². The van der Waals surface area contributed by atoms with E-state index in [0.717, 1.165) is 20.8 Å². The van der Waals surface area contributed by atoms with E-state index < -0.39 is 185 Å². The molecule has 21 atom stereocenters. The Morgan fingerprint density at radius 1 is 0.683 bits per heavy atom. The lowest BCUT2D eigenvalue weighted by Crippen LogP contribution is -2.69. The van der Waals surface area contributed by atoms with Crippen LogP contribution in [0.4, 0.5) is 0 Å². The van der Waals surface area contributed by atoms with Gasteiger partial charge in [-0.15, -0.1) is 0 Å². The van der Waals surface area contributed by atoms with Crippen molar-refractivity contribution >= 4 is 23.7 Å². The fourth-order valence-electron chi connectivity index (χ4n) is 7.24. The highest BCUT2D eigenvalue weighted by Gasteiger charge is 2.58. The van der Waals surface area contributed by atoms with Gasteiger partial charge in [0.25, 0.3) is 5.79 Å². The van der Waals surface area contributed by atoms with Crippen molar-refractivity contribution in [3.8, 4) is 0 Å². The van der Waals surface area contributed by atoms with Crippen molar-refractivity contribution in [1.82, 2.24) is 16.0 Å². The van der Waals surface area contributed by atoms with Gasteiger partial charge in [-0.25, -0.2) is 4.79 Å². The third-order valence-electron chi connectivity index (χ3n) is 10.4. The predicted molar refractivity (Wildman–Crippen MR) is 186 cm³/mol. The van der Waals surface area contributed by atoms with Gasteiger partial charge in [-0.1, -0.05) is 0 Å². The van der Waals surface area contributed by atoms with E-state index in [-0.39, 0.29) is 0 Å². The fraction of sp³-hybridized carbons (Fsp3) is 0.879. The number of carbonyl (C=O) groups is 4. The number of rotatable bonds is 16. The summed E-state index contributed by atoms with van der Waals surface area (Å²) in [5.74, 6) is -7.07. The Bertz CT molecular complexity index is 1470. The molecule has 4 rings (SSSR count). The van der Waals surface area contributed by atoms with Crippen LogP contribution in [0.25, 0.3) is 0 Å². The van der Waals surface area contributed by atoms with Crippen LogP contribution >= 0.6 is 0 Å². The third-order valence-corrected chi connectivity index (χ3v) is 10.4. The smallest absolute Gasteiger partial charge is 0.364 e. The molecule has 0 aromatic rings. The minimum Gasteiger partial charge on any atom is -0.477 e. The van der Waals surface area contributed by atoms with E-state index in [0.29, 0.717) is 0 Å². The number of nitrogens with one attached hydrogen (secondary N) is 3. The van der Waals surface area contributed by atoms with E-state index in [1.54, 1.807) is 0 Å². The molecule has 3 amide bonds. The summed E-state index contributed by atoms with van der Waals surface area (Å²) in [5.41, 5.74) is 0. The van der Waals surface area contributed by atoms with Gasteiger partial charge in [0.2, 0.25) is 17.7 Å². The lowest BCUT2D eigenvalue weighted by Gasteiger charge is -2.48. The highest BCUT2D eigenvalue weighted by atomic mass is 16.8. The van der Waals surface area contributed by atoms with E-state index in [1.165, 1.54) is 0 Å². The van der Waals surface area contributed by atoms with Crippen LogP contribution < -0.4 is 16.0 Å². The van der Waals surface area contributed by atoms with Crippen LogP contribution in [0.3, 0.4) is 0 Å². The molecule has 60 heavy (non-hydrogen) atoms. The standard InChI is InChI=1S/C33H55N3O24/c1-9(39)34-17-12(42)4-33(32(52)53,60-28(17)20(44)13(43)5-37)55-8-16-22(46)25(49)26(50)31(58-16)59-27-19(36-11(3)41)29(51)56-15(23(27)47)7-54-30-18(35-10(2)40)24(48)21(45)14(6-38)57-30/h12-31,37-38,42-51H,4-8H2,1-3H3,(H,34,39)(H,35,40)(H,36,41)(H,52,53)/t12-,13+,14+,15+,16+,17+,18+,19+,20+,21+,22-,23-,24+,25-,26+,27+,28+,29-,30+,31-,33+/m0/s1. The molecule has 0 aromatic heterocycles. The molecule has 0 bridgehead atoms. The first-order valence-corrected chi connectivity index (χ1v) is 18.7. The summed E-state index contributed by atoms with van der Waals surface area (Å²) in [6.07, 6.45) is -32.9. The molecule has 0 saturated carbocycles. The van der Waals surface area contributed by atoms with Crippen LogP contribution in [0.5, 0.6) is 0 Å². The number of amides is 3. The van der Waals surface area contributed by atoms with Gasteiger partial charge in [-0.3, -0.25) is 14.4 Å². The SMILES string of the molecule is CC(=O)N[C@@H]1[C@@H](O[C@@H]2O[C@H](CO[C@]3(C(=O)O)C[C@H](O)[C@@H](NC(C)=O)[C@H]([C@H](O)[C@H](O)CO)O3)[C@H](O)[C@H](O)[C@H]2O)[C@@H](O)[C@@H](CO[C@@H]2O[C@H](CO)[C@@H](O)[C@H](O)[C@H]2NC(C)=O)O[C@@H]1O. The van der Waals surface area contributed by atoms with Crippen molar-refractivity contribution in [2.45, 2.75) is 155 Å². The summed E-state index contributed by atoms with van der Waals surface area (Å²) in [7, 11) is 0. The number of hydrogen-bond acceptors (Lipinski definition) is 23. The molecule has 4 aliphatic rings. The Kier molecular flexibility index (Phi) is 17.4. The van der Waals surface area contributed by atoms with Crippen molar-refractivity contribution in [1.29, 1.82) is 0 Å². The van der Waals surface area contributed by atoms with Crippen molar-refractivity contribution < 1.29 is 119 Å². The van der Waals surface area contributed by atoms with Gasteiger partial charge in [0, 0.05) is 27.2 Å². The zero-order chi connectivity index (χ0) is 45.0. The lowest BCUT2D eigenvalue weighted by atomic mass is 9.88. The van der Waals surface area contributed by atoms with E-state index in [1.807, 2.05) is 0 Å². The van der Waals surface area contributed by atoms with Crippen LogP contribution in [-0.4, -0.2) is 245 Å². The van der Waals surface area contributed by atoms with Gasteiger partial charge >= 0.3 is 5.97 Å². The van der Waals surface area contributed by atoms with Crippen molar-refractivity contribution in [2.75, 3.05) is 26.4 Å². The Morgan fingerprint density at radius 3 is 1.80 bits per heavy atom. The van der Waals surface area contributed by atoms with Gasteiger partial charge in [0.15, 0.2) is 18.9 Å². The van der Waals surface area contributed by atoms with Crippen LogP contribution in [0, 0.1) is 0 Å². The van der Waals surface area contributed by atoms with Crippen LogP contribution in [0.2, 0.25) is 0 Å². The molecule has 4 fully saturated rings. The average Bonchev–Trinajstić information content (AvgIpc) is 3.18. The van der Waals surface area contributed by atoms with Gasteiger partial charge in [-0.2, -0.15) is 0 Å². The molecular weight excluding hydrogens is 822 g/mol. The summed E-state index contributed by atoms with van der Waals surface area (Å²) >= 11 is 0.